The quantitative estimate of drug-likeness (QED) is 0.273. The van der Waals surface area contributed by atoms with Gasteiger partial charge in [0.25, 0.3) is 5.13 Å². The van der Waals surface area contributed by atoms with E-state index in [1.54, 1.807) is 4.72 Å². The number of halogens is 3. The molecule has 1 aliphatic heterocycles. The number of esters is 1. The SMILES string of the molecule is CCCOC(=O)c1nnc(N=Nc2cc3c(cc2NS(=O)(=O)C(F)(F)F)N(C(CC)CC)C(C)CC3)s1. The Morgan fingerprint density at radius 1 is 1.24 bits per heavy atom. The predicted molar refractivity (Wildman–Crippen MR) is 134 cm³/mol. The van der Waals surface area contributed by atoms with E-state index in [4.69, 9.17) is 4.74 Å². The Balaban J connectivity index is 2.04. The summed E-state index contributed by atoms with van der Waals surface area (Å²) in [5, 5.41) is 15.2. The lowest BCUT2D eigenvalue weighted by molar-refractivity contribution is -0.0429. The first-order valence-corrected chi connectivity index (χ1v) is 14.2. The molecule has 0 spiro atoms. The third-order valence-electron chi connectivity index (χ3n) is 5.94. The lowest BCUT2D eigenvalue weighted by Crippen LogP contribution is -2.44. The highest BCUT2D eigenvalue weighted by atomic mass is 32.2. The number of hydrogen-bond donors (Lipinski definition) is 1. The number of rotatable bonds is 10. The maximum atomic E-state index is 13.2. The molecule has 1 N–H and O–H groups in total. The number of nitrogens with one attached hydrogen (secondary N) is 1. The highest BCUT2D eigenvalue weighted by Crippen LogP contribution is 2.42. The van der Waals surface area contributed by atoms with Crippen LogP contribution >= 0.6 is 11.3 Å². The molecular formula is C22H29F3N6O4S2. The van der Waals surface area contributed by atoms with E-state index in [9.17, 15) is 26.4 Å². The van der Waals surface area contributed by atoms with Crippen LogP contribution in [-0.4, -0.2) is 48.8 Å². The van der Waals surface area contributed by atoms with Gasteiger partial charge in [0.1, 0.15) is 5.69 Å². The van der Waals surface area contributed by atoms with Gasteiger partial charge in [-0.25, -0.2) is 4.79 Å². The molecule has 15 heteroatoms. The number of benzene rings is 1. The third kappa shape index (κ3) is 6.55. The fourth-order valence-corrected chi connectivity index (χ4v) is 5.23. The van der Waals surface area contributed by atoms with Gasteiger partial charge >= 0.3 is 21.5 Å². The molecule has 10 nitrogen and oxygen atoms in total. The van der Waals surface area contributed by atoms with E-state index in [0.717, 1.165) is 36.2 Å². The third-order valence-corrected chi connectivity index (χ3v) is 7.82. The van der Waals surface area contributed by atoms with Gasteiger partial charge in [-0.1, -0.05) is 32.1 Å². The van der Waals surface area contributed by atoms with Gasteiger partial charge in [-0.15, -0.1) is 20.4 Å². The molecule has 1 aromatic heterocycles. The molecule has 0 radical (unpaired) electrons. The van der Waals surface area contributed by atoms with Crippen LogP contribution in [0.15, 0.2) is 22.4 Å². The zero-order valence-electron chi connectivity index (χ0n) is 20.9. The zero-order valence-corrected chi connectivity index (χ0v) is 22.5. The first kappa shape index (κ1) is 28.8. The number of sulfonamides is 1. The molecule has 3 rings (SSSR count). The van der Waals surface area contributed by atoms with Crippen molar-refractivity contribution in [2.45, 2.75) is 77.4 Å². The lowest BCUT2D eigenvalue weighted by Gasteiger charge is -2.42. The lowest BCUT2D eigenvalue weighted by atomic mass is 9.92. The Morgan fingerprint density at radius 2 is 1.95 bits per heavy atom. The number of hydrogen-bond acceptors (Lipinski definition) is 10. The average Bonchev–Trinajstić information content (AvgIpc) is 3.31. The van der Waals surface area contributed by atoms with Gasteiger partial charge in [-0.3, -0.25) is 4.72 Å². The molecule has 0 aliphatic carbocycles. The zero-order chi connectivity index (χ0) is 27.4. The van der Waals surface area contributed by atoms with Crippen molar-refractivity contribution in [1.29, 1.82) is 0 Å². The Bertz CT molecular complexity index is 1250. The first-order chi connectivity index (χ1) is 17.4. The molecule has 1 atom stereocenters. The Labute approximate surface area is 217 Å². The molecule has 1 unspecified atom stereocenters. The van der Waals surface area contributed by atoms with Crippen LogP contribution in [0, 0.1) is 0 Å². The van der Waals surface area contributed by atoms with Gasteiger partial charge < -0.3 is 9.64 Å². The summed E-state index contributed by atoms with van der Waals surface area (Å²) in [5.74, 6) is -0.677. The molecule has 37 heavy (non-hydrogen) atoms. The molecule has 0 amide bonds. The molecule has 1 aliphatic rings. The van der Waals surface area contributed by atoms with Crippen molar-refractivity contribution < 1.29 is 31.1 Å². The fraction of sp³-hybridized carbons (Fsp3) is 0.591. The average molecular weight is 563 g/mol. The summed E-state index contributed by atoms with van der Waals surface area (Å²) < 4.78 is 70.2. The van der Waals surface area contributed by atoms with Crippen LogP contribution < -0.4 is 9.62 Å². The molecule has 1 aromatic carbocycles. The number of aryl methyl sites for hydroxylation is 1. The van der Waals surface area contributed by atoms with Crippen LogP contribution in [-0.2, 0) is 21.2 Å². The fourth-order valence-electron chi connectivity index (χ4n) is 4.10. The summed E-state index contributed by atoms with van der Waals surface area (Å²) >= 11 is 0.789. The summed E-state index contributed by atoms with van der Waals surface area (Å²) in [6.45, 7) is 8.13. The van der Waals surface area contributed by atoms with Crippen molar-refractivity contribution in [2.24, 2.45) is 10.2 Å². The number of nitrogens with zero attached hydrogens (tertiary/aromatic N) is 5. The van der Waals surface area contributed by atoms with Gasteiger partial charge in [-0.05, 0) is 56.7 Å². The van der Waals surface area contributed by atoms with Crippen LogP contribution in [0.4, 0.5) is 35.4 Å². The van der Waals surface area contributed by atoms with Gasteiger partial charge in [0.05, 0.1) is 12.3 Å². The summed E-state index contributed by atoms with van der Waals surface area (Å²) in [5.41, 5.74) is -4.53. The number of azo groups is 1. The topological polar surface area (TPSA) is 126 Å². The van der Waals surface area contributed by atoms with Crippen LogP contribution in [0.1, 0.15) is 68.7 Å². The summed E-state index contributed by atoms with van der Waals surface area (Å²) in [6.07, 6.45) is 3.69. The molecule has 2 heterocycles. The molecule has 0 fully saturated rings. The van der Waals surface area contributed by atoms with Crippen molar-refractivity contribution in [3.8, 4) is 0 Å². The number of aromatic nitrogens is 2. The van der Waals surface area contributed by atoms with E-state index < -0.39 is 21.5 Å². The van der Waals surface area contributed by atoms with E-state index in [1.165, 1.54) is 12.1 Å². The van der Waals surface area contributed by atoms with Gasteiger partial charge in [0.15, 0.2) is 0 Å². The minimum absolute atomic E-state index is 0.0434. The van der Waals surface area contributed by atoms with E-state index in [0.29, 0.717) is 18.5 Å². The molecule has 0 bridgehead atoms. The molecule has 0 saturated carbocycles. The number of carbonyl (C=O) groups excluding carboxylic acids is 1. The van der Waals surface area contributed by atoms with Crippen molar-refractivity contribution in [1.82, 2.24) is 10.2 Å². The van der Waals surface area contributed by atoms with Crippen LogP contribution in [0.3, 0.4) is 0 Å². The van der Waals surface area contributed by atoms with Gasteiger partial charge in [0.2, 0.25) is 5.01 Å². The standard InChI is InChI=1S/C22H29F3N6O4S2/c1-5-10-35-20(32)19-27-29-21(36-19)28-26-16-11-14-9-8-13(4)31(15(6-2)7-3)18(14)12-17(16)30-37(33,34)22(23,24)25/h11-13,15,30H,5-10H2,1-4H3. The van der Waals surface area contributed by atoms with Crippen molar-refractivity contribution in [3.63, 3.8) is 0 Å². The largest absolute Gasteiger partial charge is 0.516 e. The normalized spacial score (nSPS) is 16.3. The van der Waals surface area contributed by atoms with Crippen LogP contribution in [0.5, 0.6) is 0 Å². The smallest absolute Gasteiger partial charge is 0.460 e. The minimum Gasteiger partial charge on any atom is -0.460 e. The Hall–Kier alpha value is -2.81. The van der Waals surface area contributed by atoms with Crippen molar-refractivity contribution >= 4 is 49.5 Å². The van der Waals surface area contributed by atoms with Crippen LogP contribution in [0.2, 0.25) is 0 Å². The molecule has 2 aromatic rings. The van der Waals surface area contributed by atoms with Gasteiger partial charge in [-0.2, -0.15) is 21.6 Å². The van der Waals surface area contributed by atoms with E-state index >= 15 is 0 Å². The summed E-state index contributed by atoms with van der Waals surface area (Å²) in [7, 11) is -5.72. The molecule has 204 valence electrons. The second kappa shape index (κ2) is 11.7. The number of carbonyl (C=O) groups is 1. The number of alkyl halides is 3. The first-order valence-electron chi connectivity index (χ1n) is 11.9. The maximum absolute atomic E-state index is 13.2. The predicted octanol–water partition coefficient (Wildman–Crippen LogP) is 6.11. The number of anilines is 2. The van der Waals surface area contributed by atoms with E-state index in [2.05, 4.69) is 25.3 Å². The van der Waals surface area contributed by atoms with Crippen molar-refractivity contribution in [3.05, 3.63) is 22.7 Å². The monoisotopic (exact) mass is 562 g/mol. The summed E-state index contributed by atoms with van der Waals surface area (Å²) in [6, 6.07) is 3.16. The Kier molecular flexibility index (Phi) is 9.10. The van der Waals surface area contributed by atoms with Crippen LogP contribution in [0.25, 0.3) is 0 Å². The molecular weight excluding hydrogens is 533 g/mol. The highest BCUT2D eigenvalue weighted by Gasteiger charge is 2.46. The number of ether oxygens (including phenoxy) is 1. The van der Waals surface area contributed by atoms with Crippen molar-refractivity contribution in [2.75, 3.05) is 16.2 Å². The Morgan fingerprint density at radius 3 is 2.57 bits per heavy atom. The highest BCUT2D eigenvalue weighted by molar-refractivity contribution is 7.93. The summed E-state index contributed by atoms with van der Waals surface area (Å²) in [4.78, 5) is 14.1. The van der Waals surface area contributed by atoms with E-state index in [1.807, 2.05) is 27.7 Å². The van der Waals surface area contributed by atoms with Gasteiger partial charge in [0, 0.05) is 17.8 Å². The molecule has 0 saturated heterocycles. The van der Waals surface area contributed by atoms with E-state index in [-0.39, 0.29) is 40.2 Å². The minimum atomic E-state index is -5.72. The second-order valence-corrected chi connectivity index (χ2v) is 11.2. The maximum Gasteiger partial charge on any atom is 0.516 e. The number of fused-ring (bicyclic) bond motifs is 1. The second-order valence-electron chi connectivity index (χ2n) is 8.54.